The molecule has 0 aromatic heterocycles. The van der Waals surface area contributed by atoms with Crippen molar-refractivity contribution in [1.82, 2.24) is 0 Å². The second kappa shape index (κ2) is 3.21. The van der Waals surface area contributed by atoms with E-state index >= 15 is 0 Å². The van der Waals surface area contributed by atoms with Gasteiger partial charge in [0.1, 0.15) is 0 Å². The van der Waals surface area contributed by atoms with Crippen LogP contribution in [0, 0.1) is 12.8 Å². The van der Waals surface area contributed by atoms with Gasteiger partial charge in [-0.1, -0.05) is 20.8 Å². The summed E-state index contributed by atoms with van der Waals surface area (Å²) in [5, 5.41) is 9.43. The van der Waals surface area contributed by atoms with Gasteiger partial charge in [0.2, 0.25) is 0 Å². The molecule has 0 fully saturated rings. The first-order valence-electron chi connectivity index (χ1n) is 3.49. The Morgan fingerprint density at radius 3 is 2.11 bits per heavy atom. The van der Waals surface area contributed by atoms with Crippen molar-refractivity contribution in [2.24, 2.45) is 5.92 Å². The Hall–Kier alpha value is -0.0400. The van der Waals surface area contributed by atoms with Crippen molar-refractivity contribution in [2.45, 2.75) is 39.2 Å². The van der Waals surface area contributed by atoms with Crippen LogP contribution in [-0.2, 0) is 0 Å². The highest BCUT2D eigenvalue weighted by Crippen LogP contribution is 2.18. The van der Waals surface area contributed by atoms with Crippen LogP contribution < -0.4 is 0 Å². The highest BCUT2D eigenvalue weighted by molar-refractivity contribution is 4.74. The molecule has 0 bridgehead atoms. The molecule has 0 aliphatic carbocycles. The van der Waals surface area contributed by atoms with Gasteiger partial charge in [-0.05, 0) is 25.7 Å². The van der Waals surface area contributed by atoms with Crippen molar-refractivity contribution in [3.05, 3.63) is 6.92 Å². The molecule has 1 N–H and O–H groups in total. The normalized spacial score (nSPS) is 18.0. The van der Waals surface area contributed by atoms with Crippen molar-refractivity contribution in [3.8, 4) is 0 Å². The molecule has 0 aromatic rings. The summed E-state index contributed by atoms with van der Waals surface area (Å²) in [6.45, 7) is 9.70. The topological polar surface area (TPSA) is 20.2 Å². The summed E-state index contributed by atoms with van der Waals surface area (Å²) < 4.78 is 0. The lowest BCUT2D eigenvalue weighted by molar-refractivity contribution is 0.0408. The lowest BCUT2D eigenvalue weighted by atomic mass is 9.92. The van der Waals surface area contributed by atoms with E-state index in [4.69, 9.17) is 0 Å². The zero-order valence-electron chi connectivity index (χ0n) is 6.65. The summed E-state index contributed by atoms with van der Waals surface area (Å²) in [5.74, 6) is 0.557. The average Bonchev–Trinajstić information content (AvgIpc) is 1.63. The van der Waals surface area contributed by atoms with Gasteiger partial charge in [-0.15, -0.1) is 0 Å². The lowest BCUT2D eigenvalue weighted by Crippen LogP contribution is -2.24. The summed E-state index contributed by atoms with van der Waals surface area (Å²) in [6.07, 6.45) is 1.45. The maximum Gasteiger partial charge on any atom is 0.0622 e. The maximum atomic E-state index is 9.43. The predicted molar refractivity (Wildman–Crippen MR) is 40.1 cm³/mol. The van der Waals surface area contributed by atoms with Gasteiger partial charge in [-0.25, -0.2) is 0 Å². The molecule has 0 amide bonds. The molecule has 0 spiro atoms. The van der Waals surface area contributed by atoms with E-state index in [1.807, 2.05) is 6.92 Å². The first-order valence-corrected chi connectivity index (χ1v) is 3.49. The molecule has 0 heterocycles. The molecule has 0 saturated carbocycles. The van der Waals surface area contributed by atoms with Crippen LogP contribution in [0.4, 0.5) is 0 Å². The number of rotatable bonds is 3. The van der Waals surface area contributed by atoms with E-state index in [1.165, 1.54) is 0 Å². The van der Waals surface area contributed by atoms with E-state index in [-0.39, 0.29) is 0 Å². The molecule has 0 saturated heterocycles. The molecule has 1 atom stereocenters. The van der Waals surface area contributed by atoms with E-state index in [0.29, 0.717) is 12.3 Å². The van der Waals surface area contributed by atoms with Crippen LogP contribution in [0.1, 0.15) is 33.6 Å². The highest BCUT2D eigenvalue weighted by Gasteiger charge is 2.18. The zero-order valence-corrected chi connectivity index (χ0v) is 6.65. The summed E-state index contributed by atoms with van der Waals surface area (Å²) in [7, 11) is 0. The zero-order chi connectivity index (χ0) is 7.49. The first kappa shape index (κ1) is 8.96. The average molecular weight is 129 g/mol. The molecular weight excluding hydrogens is 112 g/mol. The van der Waals surface area contributed by atoms with E-state index in [1.54, 1.807) is 0 Å². The fraction of sp³-hybridized carbons (Fsp3) is 0.875. The molecule has 9 heavy (non-hydrogen) atoms. The van der Waals surface area contributed by atoms with Crippen molar-refractivity contribution < 1.29 is 5.11 Å². The van der Waals surface area contributed by atoms with Crippen molar-refractivity contribution >= 4 is 0 Å². The molecular formula is C8H17O. The van der Waals surface area contributed by atoms with Gasteiger partial charge in [-0.3, -0.25) is 0 Å². The largest absolute Gasteiger partial charge is 0.390 e. The quantitative estimate of drug-likeness (QED) is 0.618. The molecule has 1 heteroatoms. The molecule has 1 radical (unpaired) electrons. The Bertz CT molecular complexity index is 74.6. The van der Waals surface area contributed by atoms with E-state index in [0.717, 1.165) is 6.42 Å². The third-order valence-corrected chi connectivity index (χ3v) is 1.39. The van der Waals surface area contributed by atoms with E-state index in [2.05, 4.69) is 20.8 Å². The van der Waals surface area contributed by atoms with Crippen molar-refractivity contribution in [2.75, 3.05) is 0 Å². The number of hydrogen-bond acceptors (Lipinski definition) is 1. The van der Waals surface area contributed by atoms with Crippen LogP contribution in [0.25, 0.3) is 0 Å². The summed E-state index contributed by atoms with van der Waals surface area (Å²) in [6, 6.07) is 0. The summed E-state index contributed by atoms with van der Waals surface area (Å²) >= 11 is 0. The van der Waals surface area contributed by atoms with Gasteiger partial charge in [0.05, 0.1) is 5.60 Å². The van der Waals surface area contributed by atoms with Gasteiger partial charge in [-0.2, -0.15) is 0 Å². The van der Waals surface area contributed by atoms with E-state index in [9.17, 15) is 5.11 Å². The SMILES string of the molecule is [CH2]CC(C)(O)CC(C)C. The van der Waals surface area contributed by atoms with Crippen LogP contribution in [0.3, 0.4) is 0 Å². The van der Waals surface area contributed by atoms with Gasteiger partial charge >= 0.3 is 0 Å². The Morgan fingerprint density at radius 1 is 1.56 bits per heavy atom. The van der Waals surface area contributed by atoms with Crippen molar-refractivity contribution in [3.63, 3.8) is 0 Å². The Morgan fingerprint density at radius 2 is 2.00 bits per heavy atom. The Balaban J connectivity index is 3.58. The van der Waals surface area contributed by atoms with Crippen LogP contribution in [0.15, 0.2) is 0 Å². The number of aliphatic hydroxyl groups is 1. The second-order valence-electron chi connectivity index (χ2n) is 3.34. The van der Waals surface area contributed by atoms with Gasteiger partial charge in [0, 0.05) is 0 Å². The first-order chi connectivity index (χ1) is 3.98. The van der Waals surface area contributed by atoms with Gasteiger partial charge in [0.15, 0.2) is 0 Å². The van der Waals surface area contributed by atoms with Crippen molar-refractivity contribution in [1.29, 1.82) is 0 Å². The minimum Gasteiger partial charge on any atom is -0.390 e. The molecule has 1 nitrogen and oxygen atoms in total. The molecule has 1 unspecified atom stereocenters. The Kier molecular flexibility index (Phi) is 3.20. The third kappa shape index (κ3) is 4.46. The van der Waals surface area contributed by atoms with Crippen LogP contribution in [0.5, 0.6) is 0 Å². The Labute approximate surface area is 58.1 Å². The van der Waals surface area contributed by atoms with Crippen LogP contribution >= 0.6 is 0 Å². The van der Waals surface area contributed by atoms with Crippen LogP contribution in [-0.4, -0.2) is 10.7 Å². The lowest BCUT2D eigenvalue weighted by Gasteiger charge is -2.22. The molecule has 0 aromatic carbocycles. The fourth-order valence-corrected chi connectivity index (χ4v) is 0.982. The molecule has 0 aliphatic heterocycles. The highest BCUT2D eigenvalue weighted by atomic mass is 16.3. The standard InChI is InChI=1S/C8H17O/c1-5-8(4,9)6-7(2)3/h7,9H,1,5-6H2,2-4H3. The second-order valence-corrected chi connectivity index (χ2v) is 3.34. The monoisotopic (exact) mass is 129 g/mol. The van der Waals surface area contributed by atoms with Gasteiger partial charge < -0.3 is 5.11 Å². The third-order valence-electron chi connectivity index (χ3n) is 1.39. The summed E-state index contributed by atoms with van der Waals surface area (Å²) in [5.41, 5.74) is -0.547. The molecule has 0 aliphatic rings. The fourth-order valence-electron chi connectivity index (χ4n) is 0.982. The smallest absolute Gasteiger partial charge is 0.0622 e. The summed E-state index contributed by atoms with van der Waals surface area (Å²) in [4.78, 5) is 0. The minimum absolute atomic E-state index is 0.547. The predicted octanol–water partition coefficient (Wildman–Crippen LogP) is 2.01. The van der Waals surface area contributed by atoms with E-state index < -0.39 is 5.60 Å². The molecule has 0 rings (SSSR count). The minimum atomic E-state index is -0.547. The molecule has 55 valence electrons. The van der Waals surface area contributed by atoms with Gasteiger partial charge in [0.25, 0.3) is 0 Å². The maximum absolute atomic E-state index is 9.43. The number of hydrogen-bond donors (Lipinski definition) is 1. The van der Waals surface area contributed by atoms with Crippen LogP contribution in [0.2, 0.25) is 0 Å².